The summed E-state index contributed by atoms with van der Waals surface area (Å²) in [6.07, 6.45) is 99.6. The molecule has 0 aromatic heterocycles. The van der Waals surface area contributed by atoms with E-state index in [0.717, 1.165) is 57.8 Å². The van der Waals surface area contributed by atoms with Crippen molar-refractivity contribution in [2.24, 2.45) is 0 Å². The number of esters is 2. The highest BCUT2D eigenvalue weighted by atomic mass is 16.7. The van der Waals surface area contributed by atoms with Crippen LogP contribution in [-0.2, 0) is 33.3 Å². The number of unbranched alkanes of at least 4 members (excludes halogenated alkanes) is 53. The van der Waals surface area contributed by atoms with Crippen LogP contribution in [0.5, 0.6) is 0 Å². The largest absolute Gasteiger partial charge is 0.477 e. The summed E-state index contributed by atoms with van der Waals surface area (Å²) in [7, 11) is 6.00. The lowest BCUT2D eigenvalue weighted by Crippen LogP contribution is -2.40. The Kier molecular flexibility index (Phi) is 74.3. The third-order valence-corrected chi connectivity index (χ3v) is 18.7. The minimum Gasteiger partial charge on any atom is -0.477 e. The van der Waals surface area contributed by atoms with Crippen LogP contribution in [0.3, 0.4) is 0 Å². The number of allylic oxidation sites excluding steroid dienone is 10. The number of nitrogens with zero attached hydrogens (tertiary/aromatic N) is 1. The van der Waals surface area contributed by atoms with E-state index < -0.39 is 18.4 Å². The number of carbonyl (C=O) groups is 3. The van der Waals surface area contributed by atoms with Gasteiger partial charge in [0.25, 0.3) is 6.29 Å². The average molecular weight is 1340 g/mol. The highest BCUT2D eigenvalue weighted by Crippen LogP contribution is 2.20. The van der Waals surface area contributed by atoms with Crippen LogP contribution in [0.1, 0.15) is 412 Å². The lowest BCUT2D eigenvalue weighted by atomic mass is 10.0. The van der Waals surface area contributed by atoms with Crippen LogP contribution < -0.4 is 0 Å². The zero-order chi connectivity index (χ0) is 69.0. The molecule has 0 heterocycles. The Morgan fingerprint density at radius 3 is 0.842 bits per heavy atom. The maximum atomic E-state index is 13.0. The predicted octanol–water partition coefficient (Wildman–Crippen LogP) is 26.6. The topological polar surface area (TPSA) is 108 Å². The van der Waals surface area contributed by atoms with Gasteiger partial charge in [0.05, 0.1) is 34.4 Å². The minimum atomic E-state index is -1.51. The fourth-order valence-electron chi connectivity index (χ4n) is 12.4. The standard InChI is InChI=1S/C86H159NO8/c1-6-8-10-12-14-16-18-20-22-24-26-28-30-32-34-36-38-39-40-41-42-43-44-45-47-49-51-53-55-57-59-61-63-65-67-69-71-73-75-77-84(89)95-82(81-94-86(85(90)91)92-79-78-87(3,4)5)80-93-83(88)76-74-72-70-68-66-64-62-60-58-56-54-52-50-48-46-37-35-33-31-29-27-25-23-21-19-17-15-13-11-9-7-2/h18-21,24-27,30,32,82,86H,6-17,22-23,28-29,31,33-81H2,1-5H3/p+1/b20-18-,21-19-,26-24-,27-25-,32-30-. The van der Waals surface area contributed by atoms with Gasteiger partial charge in [-0.05, 0) is 83.5 Å². The van der Waals surface area contributed by atoms with Crippen molar-refractivity contribution in [2.75, 3.05) is 47.5 Å². The van der Waals surface area contributed by atoms with Crippen molar-refractivity contribution < 1.29 is 42.9 Å². The second kappa shape index (κ2) is 76.7. The summed E-state index contributed by atoms with van der Waals surface area (Å²) in [5, 5.41) is 9.78. The zero-order valence-corrected chi connectivity index (χ0v) is 63.8. The molecule has 0 saturated heterocycles. The molecule has 9 nitrogen and oxygen atoms in total. The molecule has 0 aliphatic carbocycles. The molecule has 2 unspecified atom stereocenters. The molecule has 1 N–H and O–H groups in total. The zero-order valence-electron chi connectivity index (χ0n) is 63.8. The van der Waals surface area contributed by atoms with E-state index in [2.05, 4.69) is 74.6 Å². The van der Waals surface area contributed by atoms with Gasteiger partial charge in [-0.25, -0.2) is 4.79 Å². The number of hydrogen-bond acceptors (Lipinski definition) is 7. The molecule has 0 saturated carbocycles. The number of carboxylic acids is 1. The average Bonchev–Trinajstić information content (AvgIpc) is 2.92. The second-order valence-electron chi connectivity index (χ2n) is 29.4. The van der Waals surface area contributed by atoms with Crippen LogP contribution in [0.15, 0.2) is 60.8 Å². The summed E-state index contributed by atoms with van der Waals surface area (Å²) in [5.41, 5.74) is 0. The SMILES string of the molecule is CCCCCCC/C=C\C/C=C\C/C=C\CCCCCCCCCCCCCCCCCCCCCCCCCCC(=O)OC(COC(=O)CCCCCCCCCCCCCCCCCCCCC/C=C\C/C=C\CCCCCCC)COC(OCC[N+](C)(C)C)C(=O)O. The van der Waals surface area contributed by atoms with E-state index in [1.54, 1.807) is 0 Å². The van der Waals surface area contributed by atoms with Crippen LogP contribution >= 0.6 is 0 Å². The number of ether oxygens (including phenoxy) is 4. The van der Waals surface area contributed by atoms with Gasteiger partial charge in [0, 0.05) is 12.8 Å². The number of hydrogen-bond donors (Lipinski definition) is 1. The Hall–Kier alpha value is -3.01. The van der Waals surface area contributed by atoms with Crippen molar-refractivity contribution >= 4 is 17.9 Å². The van der Waals surface area contributed by atoms with Gasteiger partial charge in [-0.2, -0.15) is 0 Å². The molecule has 0 bridgehead atoms. The van der Waals surface area contributed by atoms with Gasteiger partial charge in [-0.15, -0.1) is 0 Å². The van der Waals surface area contributed by atoms with E-state index in [9.17, 15) is 19.5 Å². The van der Waals surface area contributed by atoms with Crippen LogP contribution in [0.2, 0.25) is 0 Å². The number of likely N-dealkylation sites (N-methyl/N-ethyl adjacent to an activating group) is 1. The van der Waals surface area contributed by atoms with E-state index in [1.807, 2.05) is 21.1 Å². The van der Waals surface area contributed by atoms with Crippen molar-refractivity contribution in [2.45, 2.75) is 424 Å². The summed E-state index contributed by atoms with van der Waals surface area (Å²) < 4.78 is 23.1. The van der Waals surface area contributed by atoms with Crippen molar-refractivity contribution in [1.29, 1.82) is 0 Å². The molecule has 0 spiro atoms. The van der Waals surface area contributed by atoms with Gasteiger partial charge < -0.3 is 28.5 Å². The molecule has 2 atom stereocenters. The van der Waals surface area contributed by atoms with Gasteiger partial charge in [-0.3, -0.25) is 9.59 Å². The van der Waals surface area contributed by atoms with E-state index in [-0.39, 0.29) is 38.2 Å². The van der Waals surface area contributed by atoms with E-state index in [4.69, 9.17) is 18.9 Å². The van der Waals surface area contributed by atoms with Gasteiger partial charge in [0.15, 0.2) is 6.10 Å². The monoisotopic (exact) mass is 1340 g/mol. The van der Waals surface area contributed by atoms with Gasteiger partial charge in [-0.1, -0.05) is 376 Å². The molecule has 556 valence electrons. The fraction of sp³-hybridized carbons (Fsp3) is 0.849. The van der Waals surface area contributed by atoms with E-state index in [1.165, 1.54) is 327 Å². The summed E-state index contributed by atoms with van der Waals surface area (Å²) in [6.45, 7) is 4.93. The summed E-state index contributed by atoms with van der Waals surface area (Å²) >= 11 is 0. The first kappa shape index (κ1) is 92.0. The molecule has 9 heteroatoms. The highest BCUT2D eigenvalue weighted by Gasteiger charge is 2.25. The first-order valence-electron chi connectivity index (χ1n) is 41.5. The molecule has 0 radical (unpaired) electrons. The number of carboxylic acid groups (broad SMARTS) is 1. The Morgan fingerprint density at radius 1 is 0.316 bits per heavy atom. The number of aliphatic carboxylic acids is 1. The van der Waals surface area contributed by atoms with Crippen LogP contribution in [0.25, 0.3) is 0 Å². The van der Waals surface area contributed by atoms with Gasteiger partial charge >= 0.3 is 17.9 Å². The maximum Gasteiger partial charge on any atom is 0.361 e. The fourth-order valence-corrected chi connectivity index (χ4v) is 12.4. The van der Waals surface area contributed by atoms with Crippen LogP contribution in [-0.4, -0.2) is 87.4 Å². The number of rotatable bonds is 78. The smallest absolute Gasteiger partial charge is 0.361 e. The molecular weight excluding hydrogens is 1170 g/mol. The summed E-state index contributed by atoms with van der Waals surface area (Å²) in [6, 6.07) is 0. The first-order chi connectivity index (χ1) is 46.6. The first-order valence-corrected chi connectivity index (χ1v) is 41.5. The molecule has 0 rings (SSSR count). The Labute approximate surface area is 590 Å². The van der Waals surface area contributed by atoms with E-state index in [0.29, 0.717) is 17.4 Å². The van der Waals surface area contributed by atoms with Crippen molar-refractivity contribution in [3.05, 3.63) is 60.8 Å². The highest BCUT2D eigenvalue weighted by molar-refractivity contribution is 5.71. The Morgan fingerprint density at radius 2 is 0.568 bits per heavy atom. The molecule has 0 fully saturated rings. The Bertz CT molecular complexity index is 1750. The van der Waals surface area contributed by atoms with Crippen LogP contribution in [0.4, 0.5) is 0 Å². The predicted molar refractivity (Wildman–Crippen MR) is 410 cm³/mol. The van der Waals surface area contributed by atoms with Crippen molar-refractivity contribution in [1.82, 2.24) is 0 Å². The lowest BCUT2D eigenvalue weighted by molar-refractivity contribution is -0.870. The third-order valence-electron chi connectivity index (χ3n) is 18.7. The molecule has 0 aromatic carbocycles. The third kappa shape index (κ3) is 78.2. The van der Waals surface area contributed by atoms with Crippen molar-refractivity contribution in [3.8, 4) is 0 Å². The molecular formula is C86H160NO8+. The second-order valence-corrected chi connectivity index (χ2v) is 29.4. The number of quaternary nitrogens is 1. The summed E-state index contributed by atoms with van der Waals surface area (Å²) in [4.78, 5) is 37.8. The Balaban J connectivity index is 3.95. The molecule has 0 aromatic rings. The van der Waals surface area contributed by atoms with Crippen LogP contribution in [0, 0.1) is 0 Å². The van der Waals surface area contributed by atoms with Gasteiger partial charge in [0.2, 0.25) is 0 Å². The van der Waals surface area contributed by atoms with Crippen molar-refractivity contribution in [3.63, 3.8) is 0 Å². The molecule has 95 heavy (non-hydrogen) atoms. The lowest BCUT2D eigenvalue weighted by Gasteiger charge is -2.25. The summed E-state index contributed by atoms with van der Waals surface area (Å²) in [5.74, 6) is -1.97. The normalized spacial score (nSPS) is 12.9. The molecule has 0 amide bonds. The minimum absolute atomic E-state index is 0.177. The quantitative estimate of drug-likeness (QED) is 0.0211. The maximum absolute atomic E-state index is 13.0. The molecule has 0 aliphatic heterocycles. The molecule has 0 aliphatic rings. The van der Waals surface area contributed by atoms with E-state index >= 15 is 0 Å². The number of carbonyl (C=O) groups excluding carboxylic acids is 2. The van der Waals surface area contributed by atoms with Gasteiger partial charge in [0.1, 0.15) is 13.2 Å².